The number of nitrogens with zero attached hydrogens (tertiary/aromatic N) is 1. The third-order valence-electron chi connectivity index (χ3n) is 3.05. The summed E-state index contributed by atoms with van der Waals surface area (Å²) < 4.78 is 33.5. The molecule has 0 fully saturated rings. The van der Waals surface area contributed by atoms with E-state index in [2.05, 4.69) is 4.72 Å². The number of aromatic carboxylic acids is 1. The van der Waals surface area contributed by atoms with Gasteiger partial charge in [0.2, 0.25) is 10.0 Å². The van der Waals surface area contributed by atoms with Crippen LogP contribution in [0.3, 0.4) is 0 Å². The van der Waals surface area contributed by atoms with Crippen LogP contribution in [0, 0.1) is 0 Å². The zero-order valence-corrected chi connectivity index (χ0v) is 13.3. The molecule has 0 spiro atoms. The second-order valence-corrected chi connectivity index (χ2v) is 6.46. The normalized spacial score (nSPS) is 13.3. The highest BCUT2D eigenvalue weighted by Crippen LogP contribution is 2.16. The van der Waals surface area contributed by atoms with Crippen molar-refractivity contribution < 1.29 is 23.1 Å². The van der Waals surface area contributed by atoms with E-state index in [1.165, 1.54) is 23.9 Å². The molecule has 0 aliphatic heterocycles. The standard InChI is InChI=1S/C13H22N2O5S/c1-4-6-15-8-11(7-12(15)13(16)17)21(18,19)14-10(5-2)9-20-3/h7-8,10,14H,4-6,9H2,1-3H3,(H,16,17). The van der Waals surface area contributed by atoms with Crippen LogP contribution in [0.1, 0.15) is 37.2 Å². The highest BCUT2D eigenvalue weighted by Gasteiger charge is 2.23. The first-order chi connectivity index (χ1) is 9.85. The molecule has 1 aromatic heterocycles. The predicted molar refractivity (Wildman–Crippen MR) is 78.0 cm³/mol. The number of sulfonamides is 1. The van der Waals surface area contributed by atoms with Crippen molar-refractivity contribution in [2.75, 3.05) is 13.7 Å². The number of methoxy groups -OCH3 is 1. The van der Waals surface area contributed by atoms with Crippen molar-refractivity contribution >= 4 is 16.0 Å². The molecule has 1 atom stereocenters. The van der Waals surface area contributed by atoms with Gasteiger partial charge in [0.25, 0.3) is 0 Å². The van der Waals surface area contributed by atoms with E-state index in [4.69, 9.17) is 9.84 Å². The summed E-state index contributed by atoms with van der Waals surface area (Å²) >= 11 is 0. The molecule has 8 heteroatoms. The minimum absolute atomic E-state index is 0.0305. The first-order valence-electron chi connectivity index (χ1n) is 6.80. The Balaban J connectivity index is 3.08. The van der Waals surface area contributed by atoms with Crippen LogP contribution in [-0.2, 0) is 21.3 Å². The fraction of sp³-hybridized carbons (Fsp3) is 0.615. The number of hydrogen-bond donors (Lipinski definition) is 2. The van der Waals surface area contributed by atoms with Gasteiger partial charge in [-0.15, -0.1) is 0 Å². The van der Waals surface area contributed by atoms with Crippen LogP contribution < -0.4 is 4.72 Å². The fourth-order valence-electron chi connectivity index (χ4n) is 1.96. The minimum atomic E-state index is -3.76. The molecule has 0 amide bonds. The number of carbonyl (C=O) groups is 1. The molecule has 0 bridgehead atoms. The largest absolute Gasteiger partial charge is 0.477 e. The number of carboxylic acids is 1. The van der Waals surface area contributed by atoms with Crippen LogP contribution in [0.2, 0.25) is 0 Å². The highest BCUT2D eigenvalue weighted by atomic mass is 32.2. The Bertz CT molecular complexity index is 579. The summed E-state index contributed by atoms with van der Waals surface area (Å²) in [4.78, 5) is 11.1. The van der Waals surface area contributed by atoms with Crippen LogP contribution >= 0.6 is 0 Å². The van der Waals surface area contributed by atoms with Gasteiger partial charge in [0.15, 0.2) is 0 Å². The molecule has 2 N–H and O–H groups in total. The number of hydrogen-bond acceptors (Lipinski definition) is 4. The summed E-state index contributed by atoms with van der Waals surface area (Å²) in [5.41, 5.74) is -0.0305. The lowest BCUT2D eigenvalue weighted by Crippen LogP contribution is -2.37. The summed E-state index contributed by atoms with van der Waals surface area (Å²) in [6.45, 7) is 4.45. The zero-order chi connectivity index (χ0) is 16.0. The maximum absolute atomic E-state index is 12.3. The van der Waals surface area contributed by atoms with E-state index in [0.717, 1.165) is 0 Å². The van der Waals surface area contributed by atoms with E-state index in [0.29, 0.717) is 19.4 Å². The van der Waals surface area contributed by atoms with Gasteiger partial charge in [-0.2, -0.15) is 0 Å². The van der Waals surface area contributed by atoms with Gasteiger partial charge in [-0.3, -0.25) is 0 Å². The van der Waals surface area contributed by atoms with Crippen molar-refractivity contribution in [1.29, 1.82) is 0 Å². The third kappa shape index (κ3) is 4.55. The second-order valence-electron chi connectivity index (χ2n) is 4.74. The Morgan fingerprint density at radius 1 is 1.48 bits per heavy atom. The molecule has 0 saturated heterocycles. The molecule has 7 nitrogen and oxygen atoms in total. The van der Waals surface area contributed by atoms with E-state index >= 15 is 0 Å². The SMILES string of the molecule is CCCn1cc(S(=O)(=O)NC(CC)COC)cc1C(=O)O. The molecular formula is C13H22N2O5S. The topological polar surface area (TPSA) is 97.6 Å². The molecular weight excluding hydrogens is 296 g/mol. The molecule has 1 unspecified atom stereocenters. The summed E-state index contributed by atoms with van der Waals surface area (Å²) in [5, 5.41) is 9.13. The van der Waals surface area contributed by atoms with Crippen molar-refractivity contribution in [3.63, 3.8) is 0 Å². The van der Waals surface area contributed by atoms with Gasteiger partial charge in [0.1, 0.15) is 10.6 Å². The lowest BCUT2D eigenvalue weighted by atomic mass is 10.3. The van der Waals surface area contributed by atoms with Crippen molar-refractivity contribution in [3.05, 3.63) is 18.0 Å². The zero-order valence-electron chi connectivity index (χ0n) is 12.5. The van der Waals surface area contributed by atoms with Crippen molar-refractivity contribution in [1.82, 2.24) is 9.29 Å². The van der Waals surface area contributed by atoms with Gasteiger partial charge in [0.05, 0.1) is 6.61 Å². The molecule has 0 aliphatic carbocycles. The van der Waals surface area contributed by atoms with Gasteiger partial charge < -0.3 is 14.4 Å². The maximum Gasteiger partial charge on any atom is 0.352 e. The van der Waals surface area contributed by atoms with Gasteiger partial charge in [-0.25, -0.2) is 17.9 Å². The number of nitrogens with one attached hydrogen (secondary N) is 1. The molecule has 21 heavy (non-hydrogen) atoms. The number of ether oxygens (including phenoxy) is 1. The van der Waals surface area contributed by atoms with Crippen LogP contribution in [0.5, 0.6) is 0 Å². The molecule has 1 heterocycles. The quantitative estimate of drug-likeness (QED) is 0.715. The molecule has 0 radical (unpaired) electrons. The van der Waals surface area contributed by atoms with Crippen LogP contribution in [-0.4, -0.2) is 43.8 Å². The van der Waals surface area contributed by atoms with Gasteiger partial charge in [-0.05, 0) is 18.9 Å². The summed E-state index contributed by atoms with van der Waals surface area (Å²) in [6, 6.07) is 0.836. The molecule has 0 aromatic carbocycles. The Morgan fingerprint density at radius 3 is 2.62 bits per heavy atom. The molecule has 0 saturated carbocycles. The van der Waals surface area contributed by atoms with Crippen molar-refractivity contribution in [3.8, 4) is 0 Å². The Morgan fingerprint density at radius 2 is 2.14 bits per heavy atom. The first kappa shape index (κ1) is 17.7. The predicted octanol–water partition coefficient (Wildman–Crippen LogP) is 1.30. The fourth-order valence-corrected chi connectivity index (χ4v) is 3.30. The average Bonchev–Trinajstić information content (AvgIpc) is 2.83. The monoisotopic (exact) mass is 318 g/mol. The van der Waals surface area contributed by atoms with Gasteiger partial charge >= 0.3 is 5.97 Å². The smallest absolute Gasteiger partial charge is 0.352 e. The van der Waals surface area contributed by atoms with E-state index in [9.17, 15) is 13.2 Å². The van der Waals surface area contributed by atoms with E-state index in [-0.39, 0.29) is 23.2 Å². The summed E-state index contributed by atoms with van der Waals surface area (Å²) in [5.74, 6) is -1.14. The van der Waals surface area contributed by atoms with Crippen LogP contribution in [0.4, 0.5) is 0 Å². The van der Waals surface area contributed by atoms with Crippen molar-refractivity contribution in [2.24, 2.45) is 0 Å². The molecule has 1 aromatic rings. The average molecular weight is 318 g/mol. The number of aryl methyl sites for hydroxylation is 1. The maximum atomic E-state index is 12.3. The molecule has 120 valence electrons. The van der Waals surface area contributed by atoms with E-state index in [1.54, 1.807) is 0 Å². The van der Waals surface area contributed by atoms with E-state index < -0.39 is 16.0 Å². The third-order valence-corrected chi connectivity index (χ3v) is 4.54. The van der Waals surface area contributed by atoms with Gasteiger partial charge in [0, 0.05) is 25.9 Å². The number of aromatic nitrogens is 1. The first-order valence-corrected chi connectivity index (χ1v) is 8.28. The highest BCUT2D eigenvalue weighted by molar-refractivity contribution is 7.89. The van der Waals surface area contributed by atoms with Crippen LogP contribution in [0.15, 0.2) is 17.2 Å². The summed E-state index contributed by atoms with van der Waals surface area (Å²) in [7, 11) is -2.26. The molecule has 1 rings (SSSR count). The van der Waals surface area contributed by atoms with Crippen molar-refractivity contribution in [2.45, 2.75) is 44.2 Å². The molecule has 0 aliphatic rings. The number of carboxylic acid groups (broad SMARTS) is 1. The Labute approximate surface area is 125 Å². The lowest BCUT2D eigenvalue weighted by molar-refractivity contribution is 0.0685. The lowest BCUT2D eigenvalue weighted by Gasteiger charge is -2.15. The van der Waals surface area contributed by atoms with E-state index in [1.807, 2.05) is 13.8 Å². The van der Waals surface area contributed by atoms with Crippen LogP contribution in [0.25, 0.3) is 0 Å². The summed E-state index contributed by atoms with van der Waals surface area (Å²) in [6.07, 6.45) is 2.65. The minimum Gasteiger partial charge on any atom is -0.477 e. The Hall–Kier alpha value is -1.38. The Kier molecular flexibility index (Phi) is 6.38. The van der Waals surface area contributed by atoms with Gasteiger partial charge in [-0.1, -0.05) is 13.8 Å². The number of rotatable bonds is 9. The second kappa shape index (κ2) is 7.58.